The molecule has 0 spiro atoms. The maximum absolute atomic E-state index is 6.01. The molecule has 0 bridgehead atoms. The fourth-order valence-electron chi connectivity index (χ4n) is 2.58. The van der Waals surface area contributed by atoms with Crippen molar-refractivity contribution in [1.29, 1.82) is 0 Å². The van der Waals surface area contributed by atoms with Crippen LogP contribution in [0.2, 0.25) is 0 Å². The third-order valence-electron chi connectivity index (χ3n) is 3.79. The van der Waals surface area contributed by atoms with Gasteiger partial charge in [-0.2, -0.15) is 0 Å². The van der Waals surface area contributed by atoms with E-state index in [0.717, 1.165) is 23.8 Å². The lowest BCUT2D eigenvalue weighted by molar-refractivity contribution is 0.576. The number of imidazole rings is 1. The molecule has 0 amide bonds. The summed E-state index contributed by atoms with van der Waals surface area (Å²) in [5.41, 5.74) is 3.59. The Morgan fingerprint density at radius 3 is 2.94 bits per heavy atom. The van der Waals surface area contributed by atoms with Gasteiger partial charge in [0.15, 0.2) is 0 Å². The van der Waals surface area contributed by atoms with Gasteiger partial charge in [0.1, 0.15) is 5.82 Å². The van der Waals surface area contributed by atoms with Gasteiger partial charge in [-0.3, -0.25) is 0 Å². The summed E-state index contributed by atoms with van der Waals surface area (Å²) in [6, 6.07) is 6.43. The third-order valence-corrected chi connectivity index (χ3v) is 4.03. The van der Waals surface area contributed by atoms with Crippen LogP contribution in [0.1, 0.15) is 37.1 Å². The molecule has 1 fully saturated rings. The molecule has 1 aliphatic carbocycles. The van der Waals surface area contributed by atoms with Gasteiger partial charge in [-0.1, -0.05) is 18.9 Å². The molecule has 2 aromatic rings. The molecule has 1 aliphatic rings. The number of nitrogens with zero attached hydrogens (tertiary/aromatic N) is 2. The van der Waals surface area contributed by atoms with Crippen LogP contribution >= 0.6 is 11.6 Å². The summed E-state index contributed by atoms with van der Waals surface area (Å²) in [5.74, 6) is 2.51. The first kappa shape index (κ1) is 12.0. The van der Waals surface area contributed by atoms with Gasteiger partial charge < -0.3 is 4.57 Å². The van der Waals surface area contributed by atoms with Gasteiger partial charge in [-0.25, -0.2) is 4.98 Å². The molecular formula is C15H19ClN2. The van der Waals surface area contributed by atoms with Crippen molar-refractivity contribution >= 4 is 22.6 Å². The summed E-state index contributed by atoms with van der Waals surface area (Å²) in [5, 5.41) is 0. The van der Waals surface area contributed by atoms with Gasteiger partial charge in [0.25, 0.3) is 0 Å². The van der Waals surface area contributed by atoms with Gasteiger partial charge in [0.2, 0.25) is 0 Å². The van der Waals surface area contributed by atoms with E-state index in [-0.39, 0.29) is 0 Å². The zero-order valence-corrected chi connectivity index (χ0v) is 11.6. The van der Waals surface area contributed by atoms with Crippen molar-refractivity contribution in [3.63, 3.8) is 0 Å². The van der Waals surface area contributed by atoms with Crippen LogP contribution < -0.4 is 0 Å². The third kappa shape index (κ3) is 2.39. The van der Waals surface area contributed by atoms with E-state index in [0.29, 0.717) is 5.88 Å². The van der Waals surface area contributed by atoms with E-state index in [2.05, 4.69) is 34.7 Å². The monoisotopic (exact) mass is 262 g/mol. The standard InChI is InChI=1S/C15H19ClN2/c1-11-4-7-13-14(9-11)18(15(10-16)17-13)8-2-3-12-5-6-12/h4,7,9,12H,2-3,5-6,8,10H2,1H3. The second-order valence-corrected chi connectivity index (χ2v) is 5.66. The zero-order chi connectivity index (χ0) is 12.5. The maximum Gasteiger partial charge on any atom is 0.124 e. The Bertz CT molecular complexity index is 555. The first-order valence-corrected chi connectivity index (χ1v) is 7.33. The van der Waals surface area contributed by atoms with Gasteiger partial charge in [0.05, 0.1) is 16.9 Å². The normalized spacial score (nSPS) is 15.4. The van der Waals surface area contributed by atoms with Crippen LogP contribution in [-0.2, 0) is 12.4 Å². The molecule has 2 nitrogen and oxygen atoms in total. The molecule has 1 aromatic heterocycles. The molecule has 0 unspecified atom stereocenters. The van der Waals surface area contributed by atoms with E-state index in [9.17, 15) is 0 Å². The average Bonchev–Trinajstić information content (AvgIpc) is 3.12. The minimum absolute atomic E-state index is 0.497. The molecule has 0 atom stereocenters. The fourth-order valence-corrected chi connectivity index (χ4v) is 2.78. The Balaban J connectivity index is 1.87. The predicted octanol–water partition coefficient (Wildman–Crippen LogP) is 4.27. The molecule has 0 N–H and O–H groups in total. The molecule has 96 valence electrons. The van der Waals surface area contributed by atoms with E-state index >= 15 is 0 Å². The average molecular weight is 263 g/mol. The Kier molecular flexibility index (Phi) is 3.29. The lowest BCUT2D eigenvalue weighted by Crippen LogP contribution is -2.03. The molecule has 1 aromatic carbocycles. The molecule has 0 saturated heterocycles. The quantitative estimate of drug-likeness (QED) is 0.736. The first-order valence-electron chi connectivity index (χ1n) is 6.79. The van der Waals surface area contributed by atoms with Gasteiger partial charge in [-0.15, -0.1) is 11.6 Å². The largest absolute Gasteiger partial charge is 0.327 e. The van der Waals surface area contributed by atoms with Crippen molar-refractivity contribution in [1.82, 2.24) is 9.55 Å². The summed E-state index contributed by atoms with van der Waals surface area (Å²) in [7, 11) is 0. The molecule has 0 radical (unpaired) electrons. The van der Waals surface area contributed by atoms with Crippen molar-refractivity contribution in [2.45, 2.75) is 45.0 Å². The Morgan fingerprint density at radius 1 is 1.39 bits per heavy atom. The smallest absolute Gasteiger partial charge is 0.124 e. The maximum atomic E-state index is 6.01. The Morgan fingerprint density at radius 2 is 2.22 bits per heavy atom. The van der Waals surface area contributed by atoms with E-state index in [1.165, 1.54) is 36.8 Å². The van der Waals surface area contributed by atoms with Crippen molar-refractivity contribution < 1.29 is 0 Å². The summed E-state index contributed by atoms with van der Waals surface area (Å²) in [6.45, 7) is 3.18. The van der Waals surface area contributed by atoms with Crippen LogP contribution in [0.25, 0.3) is 11.0 Å². The van der Waals surface area contributed by atoms with Crippen LogP contribution in [-0.4, -0.2) is 9.55 Å². The number of halogens is 1. The van der Waals surface area contributed by atoms with E-state index in [1.807, 2.05) is 0 Å². The molecule has 18 heavy (non-hydrogen) atoms. The lowest BCUT2D eigenvalue weighted by atomic mass is 10.2. The highest BCUT2D eigenvalue weighted by Crippen LogP contribution is 2.33. The number of benzene rings is 1. The van der Waals surface area contributed by atoms with Crippen LogP contribution in [0.3, 0.4) is 0 Å². The highest BCUT2D eigenvalue weighted by Gasteiger charge is 2.20. The topological polar surface area (TPSA) is 17.8 Å². The number of hydrogen-bond acceptors (Lipinski definition) is 1. The Labute approximate surface area is 113 Å². The summed E-state index contributed by atoms with van der Waals surface area (Å²) < 4.78 is 2.30. The van der Waals surface area contributed by atoms with Gasteiger partial charge in [-0.05, 0) is 43.4 Å². The van der Waals surface area contributed by atoms with E-state index in [1.54, 1.807) is 0 Å². The number of aryl methyl sites for hydroxylation is 2. The fraction of sp³-hybridized carbons (Fsp3) is 0.533. The zero-order valence-electron chi connectivity index (χ0n) is 10.8. The number of hydrogen-bond donors (Lipinski definition) is 0. The van der Waals surface area contributed by atoms with Crippen LogP contribution in [0.15, 0.2) is 18.2 Å². The molecular weight excluding hydrogens is 244 g/mol. The van der Waals surface area contributed by atoms with Crippen molar-refractivity contribution in [3.8, 4) is 0 Å². The van der Waals surface area contributed by atoms with Gasteiger partial charge >= 0.3 is 0 Å². The van der Waals surface area contributed by atoms with Crippen molar-refractivity contribution in [3.05, 3.63) is 29.6 Å². The van der Waals surface area contributed by atoms with Crippen molar-refractivity contribution in [2.75, 3.05) is 0 Å². The van der Waals surface area contributed by atoms with Crippen molar-refractivity contribution in [2.24, 2.45) is 5.92 Å². The number of fused-ring (bicyclic) bond motifs is 1. The molecule has 1 heterocycles. The molecule has 1 saturated carbocycles. The van der Waals surface area contributed by atoms with Gasteiger partial charge in [0, 0.05) is 6.54 Å². The van der Waals surface area contributed by atoms with E-state index in [4.69, 9.17) is 11.6 Å². The highest BCUT2D eigenvalue weighted by atomic mass is 35.5. The number of rotatable bonds is 5. The van der Waals surface area contributed by atoms with E-state index < -0.39 is 0 Å². The minimum atomic E-state index is 0.497. The summed E-state index contributed by atoms with van der Waals surface area (Å²) >= 11 is 6.01. The molecule has 3 rings (SSSR count). The summed E-state index contributed by atoms with van der Waals surface area (Å²) in [4.78, 5) is 4.62. The summed E-state index contributed by atoms with van der Waals surface area (Å²) in [6.07, 6.45) is 5.47. The Hall–Kier alpha value is -1.02. The minimum Gasteiger partial charge on any atom is -0.327 e. The highest BCUT2D eigenvalue weighted by molar-refractivity contribution is 6.16. The SMILES string of the molecule is Cc1ccc2nc(CCl)n(CCCC3CC3)c2c1. The number of alkyl halides is 1. The number of aromatic nitrogens is 2. The molecule has 3 heteroatoms. The van der Waals surface area contributed by atoms with Crippen LogP contribution in [0.5, 0.6) is 0 Å². The first-order chi connectivity index (χ1) is 8.78. The van der Waals surface area contributed by atoms with Crippen LogP contribution in [0, 0.1) is 12.8 Å². The predicted molar refractivity (Wildman–Crippen MR) is 76.0 cm³/mol. The second-order valence-electron chi connectivity index (χ2n) is 5.39. The lowest BCUT2D eigenvalue weighted by Gasteiger charge is -2.07. The second kappa shape index (κ2) is 4.93. The van der Waals surface area contributed by atoms with Crippen LogP contribution in [0.4, 0.5) is 0 Å². The molecule has 0 aliphatic heterocycles.